The Labute approximate surface area is 82.2 Å². The van der Waals surface area contributed by atoms with Crippen molar-refractivity contribution < 1.29 is 29.5 Å². The van der Waals surface area contributed by atoms with Gasteiger partial charge >= 0.3 is 17.3 Å². The van der Waals surface area contributed by atoms with Crippen molar-refractivity contribution in [2.24, 2.45) is 0 Å². The normalized spacial score (nSPS) is 16.7. The molecule has 15 heavy (non-hydrogen) atoms. The van der Waals surface area contributed by atoms with Gasteiger partial charge < -0.3 is 10.0 Å². The Kier molecular flexibility index (Phi) is 2.17. The first-order valence-corrected chi connectivity index (χ1v) is 5.55. The van der Waals surface area contributed by atoms with Crippen molar-refractivity contribution in [1.82, 2.24) is 0 Å². The quantitative estimate of drug-likeness (QED) is 0.620. The Morgan fingerprint density at radius 1 is 1.00 bits per heavy atom. The van der Waals surface area contributed by atoms with Crippen molar-refractivity contribution in [2.45, 2.75) is 4.90 Å². The van der Waals surface area contributed by atoms with Crippen molar-refractivity contribution in [3.8, 4) is 0 Å². The van der Waals surface area contributed by atoms with Gasteiger partial charge in [-0.05, 0) is 17.6 Å². The summed E-state index contributed by atoms with van der Waals surface area (Å²) in [6.07, 6.45) is 0. The second kappa shape index (κ2) is 2.66. The van der Waals surface area contributed by atoms with Crippen LogP contribution in [0, 0.1) is 0 Å². The van der Waals surface area contributed by atoms with Crippen LogP contribution in [0.5, 0.6) is 0 Å². The average Bonchev–Trinajstić information content (AvgIpc) is 2.00. The molecule has 0 radical (unpaired) electrons. The van der Waals surface area contributed by atoms with E-state index in [2.05, 4.69) is 0 Å². The molecule has 0 saturated carbocycles. The SMILES string of the molecule is OB(O)c1cccc(S(F)(F)(F)(F)F)c1. The molecule has 1 aromatic rings. The number of halogens is 5. The van der Waals surface area contributed by atoms with Gasteiger partial charge in [0.2, 0.25) is 0 Å². The number of hydrogen-bond donors (Lipinski definition) is 2. The molecule has 0 aliphatic carbocycles. The van der Waals surface area contributed by atoms with Gasteiger partial charge in [0.1, 0.15) is 4.90 Å². The predicted molar refractivity (Wildman–Crippen MR) is 47.7 cm³/mol. The van der Waals surface area contributed by atoms with Crippen LogP contribution in [-0.2, 0) is 0 Å². The Morgan fingerprint density at radius 3 is 1.93 bits per heavy atom. The van der Waals surface area contributed by atoms with Gasteiger partial charge in [-0.1, -0.05) is 31.6 Å². The minimum absolute atomic E-state index is 0.0201. The lowest BCUT2D eigenvalue weighted by Gasteiger charge is -2.40. The van der Waals surface area contributed by atoms with Crippen molar-refractivity contribution in [2.75, 3.05) is 0 Å². The molecule has 0 amide bonds. The average molecular weight is 248 g/mol. The highest BCUT2D eigenvalue weighted by Crippen LogP contribution is 3.01. The fourth-order valence-electron chi connectivity index (χ4n) is 0.915. The molecule has 0 atom stereocenters. The van der Waals surface area contributed by atoms with E-state index in [4.69, 9.17) is 10.0 Å². The number of hydrogen-bond acceptors (Lipinski definition) is 2. The topological polar surface area (TPSA) is 40.5 Å². The van der Waals surface area contributed by atoms with Crippen molar-refractivity contribution in [3.05, 3.63) is 24.3 Å². The van der Waals surface area contributed by atoms with Crippen LogP contribution >= 0.6 is 10.2 Å². The zero-order valence-electron chi connectivity index (χ0n) is 7.08. The monoisotopic (exact) mass is 248 g/mol. The fraction of sp³-hybridized carbons (Fsp3) is 0. The minimum Gasteiger partial charge on any atom is -0.423 e. The van der Waals surface area contributed by atoms with E-state index in [-0.39, 0.29) is 12.1 Å². The molecule has 9 heteroatoms. The smallest absolute Gasteiger partial charge is 0.423 e. The van der Waals surface area contributed by atoms with E-state index in [1.165, 1.54) is 0 Å². The van der Waals surface area contributed by atoms with Crippen LogP contribution in [0.25, 0.3) is 0 Å². The summed E-state index contributed by atoms with van der Waals surface area (Å²) < 4.78 is 61.1. The highest BCUT2D eigenvalue weighted by atomic mass is 32.5. The summed E-state index contributed by atoms with van der Waals surface area (Å²) in [5, 5.41) is 17.1. The highest BCUT2D eigenvalue weighted by molar-refractivity contribution is 8.45. The van der Waals surface area contributed by atoms with Crippen LogP contribution in [0.1, 0.15) is 0 Å². The Hall–Kier alpha value is -0.795. The molecule has 0 aliphatic heterocycles. The molecule has 0 aromatic heterocycles. The van der Waals surface area contributed by atoms with E-state index < -0.39 is 27.7 Å². The predicted octanol–water partition coefficient (Wildman–Crippen LogP) is 2.02. The minimum atomic E-state index is -9.73. The summed E-state index contributed by atoms with van der Waals surface area (Å²) in [5.41, 5.74) is -0.638. The van der Waals surface area contributed by atoms with Gasteiger partial charge in [0, 0.05) is 0 Å². The van der Waals surface area contributed by atoms with Gasteiger partial charge in [-0.3, -0.25) is 0 Å². The molecule has 1 aromatic carbocycles. The van der Waals surface area contributed by atoms with Gasteiger partial charge in [-0.15, -0.1) is 0 Å². The zero-order valence-corrected chi connectivity index (χ0v) is 7.90. The van der Waals surface area contributed by atoms with E-state index in [1.807, 2.05) is 0 Å². The van der Waals surface area contributed by atoms with Crippen molar-refractivity contribution in [1.29, 1.82) is 0 Å². The third-order valence-electron chi connectivity index (χ3n) is 1.60. The van der Waals surface area contributed by atoms with Gasteiger partial charge in [-0.25, -0.2) is 0 Å². The Morgan fingerprint density at radius 2 is 1.53 bits per heavy atom. The number of rotatable bonds is 2. The van der Waals surface area contributed by atoms with Crippen molar-refractivity contribution >= 4 is 22.8 Å². The molecule has 0 saturated heterocycles. The second-order valence-corrected chi connectivity index (χ2v) is 5.32. The maximum atomic E-state index is 12.2. The lowest BCUT2D eigenvalue weighted by molar-refractivity contribution is 0.364. The Bertz CT molecular complexity index is 389. The van der Waals surface area contributed by atoms with Crippen LogP contribution in [0.4, 0.5) is 19.4 Å². The van der Waals surface area contributed by atoms with E-state index in [9.17, 15) is 19.4 Å². The second-order valence-electron chi connectivity index (χ2n) is 2.92. The molecule has 0 spiro atoms. The molecular weight excluding hydrogens is 242 g/mol. The van der Waals surface area contributed by atoms with E-state index in [0.717, 1.165) is 6.07 Å². The summed E-state index contributed by atoms with van der Waals surface area (Å²) in [6.45, 7) is 0. The molecule has 0 unspecified atom stereocenters. The summed E-state index contributed by atoms with van der Waals surface area (Å²) in [7, 11) is -12.0. The lowest BCUT2D eigenvalue weighted by Crippen LogP contribution is -2.30. The molecule has 0 fully saturated rings. The molecule has 1 rings (SSSR count). The van der Waals surface area contributed by atoms with Crippen LogP contribution in [0.3, 0.4) is 0 Å². The van der Waals surface area contributed by atoms with Crippen LogP contribution in [0.2, 0.25) is 0 Å². The summed E-state index contributed by atoms with van der Waals surface area (Å²) in [6, 6.07) is 1.79. The highest BCUT2D eigenvalue weighted by Gasteiger charge is 2.65. The zero-order chi connectivity index (χ0) is 12.0. The Balaban J connectivity index is 3.37. The summed E-state index contributed by atoms with van der Waals surface area (Å²) in [4.78, 5) is -2.14. The van der Waals surface area contributed by atoms with Gasteiger partial charge in [0.15, 0.2) is 0 Å². The van der Waals surface area contributed by atoms with Gasteiger partial charge in [0.05, 0.1) is 0 Å². The van der Waals surface area contributed by atoms with Crippen LogP contribution in [0.15, 0.2) is 29.2 Å². The summed E-state index contributed by atoms with van der Waals surface area (Å²) >= 11 is 0. The van der Waals surface area contributed by atoms with Crippen molar-refractivity contribution in [3.63, 3.8) is 0 Å². The lowest BCUT2D eigenvalue weighted by atomic mass is 9.80. The largest absolute Gasteiger partial charge is 0.488 e. The van der Waals surface area contributed by atoms with Crippen LogP contribution < -0.4 is 5.46 Å². The first-order valence-electron chi connectivity index (χ1n) is 3.60. The van der Waals surface area contributed by atoms with E-state index in [1.54, 1.807) is 0 Å². The standard InChI is InChI=1S/C6H6BF5O2S/c8-15(9,10,11,12)6-3-1-2-5(4-6)7(13)14/h1-4,13-14H. The maximum Gasteiger partial charge on any atom is 0.488 e. The molecule has 0 heterocycles. The fourth-order valence-corrected chi connectivity index (χ4v) is 1.61. The molecule has 86 valence electrons. The molecule has 2 nitrogen and oxygen atoms in total. The third kappa shape index (κ3) is 3.08. The maximum absolute atomic E-state index is 12.2. The van der Waals surface area contributed by atoms with E-state index in [0.29, 0.717) is 6.07 Å². The molecule has 2 N–H and O–H groups in total. The molecule has 0 bridgehead atoms. The molecule has 0 aliphatic rings. The third-order valence-corrected chi connectivity index (χ3v) is 2.75. The number of benzene rings is 1. The van der Waals surface area contributed by atoms with Crippen LogP contribution in [-0.4, -0.2) is 17.2 Å². The first-order chi connectivity index (χ1) is 6.40. The van der Waals surface area contributed by atoms with Gasteiger partial charge in [0.25, 0.3) is 0 Å². The summed E-state index contributed by atoms with van der Waals surface area (Å²) in [5.74, 6) is 0. The first kappa shape index (κ1) is 12.3. The van der Waals surface area contributed by atoms with E-state index >= 15 is 0 Å². The van der Waals surface area contributed by atoms with Gasteiger partial charge in [-0.2, -0.15) is 0 Å². The molecular formula is C6H6BF5O2S.